The maximum atomic E-state index is 11.7. The third kappa shape index (κ3) is 4.37. The molecule has 0 aliphatic rings. The van der Waals surface area contributed by atoms with Gasteiger partial charge < -0.3 is 10.6 Å². The number of amides is 1. The first kappa shape index (κ1) is 16.3. The van der Waals surface area contributed by atoms with E-state index in [1.807, 2.05) is 26.8 Å². The summed E-state index contributed by atoms with van der Waals surface area (Å²) in [6, 6.07) is 5.40. The van der Waals surface area contributed by atoms with E-state index in [4.69, 9.17) is 23.2 Å². The van der Waals surface area contributed by atoms with Gasteiger partial charge in [-0.05, 0) is 44.5 Å². The first-order chi connectivity index (χ1) is 8.77. The number of carbonyl (C=O) groups is 1. The molecule has 0 spiro atoms. The van der Waals surface area contributed by atoms with Crippen molar-refractivity contribution in [1.82, 2.24) is 10.6 Å². The van der Waals surface area contributed by atoms with Crippen LogP contribution in [0.3, 0.4) is 0 Å². The molecule has 0 radical (unpaired) electrons. The molecule has 1 amide bonds. The molecular formula is C14H20Cl2N2O. The van der Waals surface area contributed by atoms with Gasteiger partial charge in [-0.3, -0.25) is 4.79 Å². The summed E-state index contributed by atoms with van der Waals surface area (Å²) in [6.45, 7) is 6.34. The Bertz CT molecular complexity index is 461. The van der Waals surface area contributed by atoms with Gasteiger partial charge in [-0.25, -0.2) is 0 Å². The normalized spacial score (nSPS) is 13.2. The number of rotatable bonds is 5. The lowest BCUT2D eigenvalue weighted by Crippen LogP contribution is -2.42. The summed E-state index contributed by atoms with van der Waals surface area (Å²) >= 11 is 12.1. The van der Waals surface area contributed by atoms with Crippen LogP contribution in [0.2, 0.25) is 10.0 Å². The number of benzene rings is 1. The van der Waals surface area contributed by atoms with Crippen molar-refractivity contribution in [2.24, 2.45) is 5.41 Å². The van der Waals surface area contributed by atoms with Gasteiger partial charge in [-0.1, -0.05) is 23.2 Å². The Morgan fingerprint density at radius 2 is 2.00 bits per heavy atom. The van der Waals surface area contributed by atoms with E-state index in [0.717, 1.165) is 5.56 Å². The smallest absolute Gasteiger partial charge is 0.226 e. The van der Waals surface area contributed by atoms with Gasteiger partial charge in [0.1, 0.15) is 0 Å². The van der Waals surface area contributed by atoms with Crippen LogP contribution in [0.4, 0.5) is 0 Å². The van der Waals surface area contributed by atoms with Crippen LogP contribution >= 0.6 is 23.2 Å². The molecule has 1 rings (SSSR count). The Labute approximate surface area is 124 Å². The van der Waals surface area contributed by atoms with Gasteiger partial charge in [-0.15, -0.1) is 0 Å². The fourth-order valence-electron chi connectivity index (χ4n) is 1.78. The predicted octanol–water partition coefficient (Wildman–Crippen LogP) is 3.42. The van der Waals surface area contributed by atoms with E-state index >= 15 is 0 Å². The summed E-state index contributed by atoms with van der Waals surface area (Å²) in [5, 5.41) is 7.30. The van der Waals surface area contributed by atoms with E-state index in [0.29, 0.717) is 16.6 Å². The number of nitrogens with one attached hydrogen (secondary N) is 2. The predicted molar refractivity (Wildman–Crippen MR) is 80.7 cm³/mol. The molecule has 0 saturated carbocycles. The van der Waals surface area contributed by atoms with Crippen LogP contribution in [0.1, 0.15) is 32.4 Å². The van der Waals surface area contributed by atoms with Crippen molar-refractivity contribution in [3.05, 3.63) is 33.8 Å². The van der Waals surface area contributed by atoms with Crippen molar-refractivity contribution in [3.8, 4) is 0 Å². The zero-order valence-corrected chi connectivity index (χ0v) is 13.2. The first-order valence-electron chi connectivity index (χ1n) is 6.18. The lowest BCUT2D eigenvalue weighted by atomic mass is 9.91. The van der Waals surface area contributed by atoms with Crippen LogP contribution < -0.4 is 10.6 Å². The molecule has 0 heterocycles. The summed E-state index contributed by atoms with van der Waals surface area (Å²) in [5.41, 5.74) is 0.454. The zero-order chi connectivity index (χ0) is 14.6. The summed E-state index contributed by atoms with van der Waals surface area (Å²) in [5.74, 6) is 0.00407. The van der Waals surface area contributed by atoms with Gasteiger partial charge in [0.15, 0.2) is 0 Å². The van der Waals surface area contributed by atoms with Crippen LogP contribution in [0.25, 0.3) is 0 Å². The van der Waals surface area contributed by atoms with Crippen molar-refractivity contribution in [2.75, 3.05) is 13.6 Å². The second kappa shape index (κ2) is 6.60. The lowest BCUT2D eigenvalue weighted by molar-refractivity contribution is -0.128. The highest BCUT2D eigenvalue weighted by molar-refractivity contribution is 6.33. The highest BCUT2D eigenvalue weighted by Gasteiger charge is 2.27. The average molecular weight is 303 g/mol. The molecule has 19 heavy (non-hydrogen) atoms. The largest absolute Gasteiger partial charge is 0.359 e. The molecular weight excluding hydrogens is 283 g/mol. The fourth-order valence-corrected chi connectivity index (χ4v) is 2.25. The topological polar surface area (TPSA) is 41.1 Å². The molecule has 0 aliphatic carbocycles. The molecule has 3 nitrogen and oxygen atoms in total. The summed E-state index contributed by atoms with van der Waals surface area (Å²) in [4.78, 5) is 11.7. The Balaban J connectivity index is 2.73. The maximum Gasteiger partial charge on any atom is 0.226 e. The minimum Gasteiger partial charge on any atom is -0.359 e. The van der Waals surface area contributed by atoms with Crippen LogP contribution in [-0.4, -0.2) is 19.5 Å². The third-order valence-corrected chi connectivity index (χ3v) is 3.70. The van der Waals surface area contributed by atoms with E-state index in [-0.39, 0.29) is 11.9 Å². The monoisotopic (exact) mass is 302 g/mol. The number of hydrogen-bond donors (Lipinski definition) is 2. The van der Waals surface area contributed by atoms with Gasteiger partial charge in [0.2, 0.25) is 5.91 Å². The SMILES string of the molecule is CNC(=O)C(C)(C)CNC(C)c1cc(Cl)ccc1Cl. The molecule has 0 saturated heterocycles. The number of hydrogen-bond acceptors (Lipinski definition) is 2. The van der Waals surface area contributed by atoms with Crippen molar-refractivity contribution in [2.45, 2.75) is 26.8 Å². The van der Waals surface area contributed by atoms with Gasteiger partial charge in [-0.2, -0.15) is 0 Å². The van der Waals surface area contributed by atoms with E-state index in [2.05, 4.69) is 10.6 Å². The minimum atomic E-state index is -0.478. The highest BCUT2D eigenvalue weighted by Crippen LogP contribution is 2.27. The van der Waals surface area contributed by atoms with Crippen LogP contribution in [0.15, 0.2) is 18.2 Å². The summed E-state index contributed by atoms with van der Waals surface area (Å²) < 4.78 is 0. The van der Waals surface area contributed by atoms with Crippen molar-refractivity contribution < 1.29 is 4.79 Å². The zero-order valence-electron chi connectivity index (χ0n) is 11.7. The Kier molecular flexibility index (Phi) is 5.65. The van der Waals surface area contributed by atoms with Crippen molar-refractivity contribution in [1.29, 1.82) is 0 Å². The molecule has 5 heteroatoms. The molecule has 0 fully saturated rings. The van der Waals surface area contributed by atoms with Gasteiger partial charge in [0.25, 0.3) is 0 Å². The molecule has 1 aromatic carbocycles. The van der Waals surface area contributed by atoms with Crippen molar-refractivity contribution in [3.63, 3.8) is 0 Å². The molecule has 1 aromatic rings. The van der Waals surface area contributed by atoms with Gasteiger partial charge in [0.05, 0.1) is 5.41 Å². The first-order valence-corrected chi connectivity index (χ1v) is 6.94. The Morgan fingerprint density at radius 1 is 1.37 bits per heavy atom. The molecule has 2 N–H and O–H groups in total. The Hall–Kier alpha value is -0.770. The number of halogens is 2. The molecule has 0 aromatic heterocycles. The van der Waals surface area contributed by atoms with Crippen LogP contribution in [-0.2, 0) is 4.79 Å². The minimum absolute atomic E-state index is 0.00407. The highest BCUT2D eigenvalue weighted by atomic mass is 35.5. The van der Waals surface area contributed by atoms with E-state index in [1.165, 1.54) is 0 Å². The molecule has 1 unspecified atom stereocenters. The molecule has 106 valence electrons. The number of carbonyl (C=O) groups excluding carboxylic acids is 1. The van der Waals surface area contributed by atoms with Gasteiger partial charge >= 0.3 is 0 Å². The van der Waals surface area contributed by atoms with E-state index in [9.17, 15) is 4.79 Å². The average Bonchev–Trinajstić information content (AvgIpc) is 2.37. The van der Waals surface area contributed by atoms with Crippen molar-refractivity contribution >= 4 is 29.1 Å². The van der Waals surface area contributed by atoms with Crippen LogP contribution in [0.5, 0.6) is 0 Å². The molecule has 0 bridgehead atoms. The third-order valence-electron chi connectivity index (χ3n) is 3.12. The summed E-state index contributed by atoms with van der Waals surface area (Å²) in [7, 11) is 1.64. The maximum absolute atomic E-state index is 11.7. The van der Waals surface area contributed by atoms with Gasteiger partial charge in [0, 0.05) is 29.7 Å². The summed E-state index contributed by atoms with van der Waals surface area (Å²) in [6.07, 6.45) is 0. The molecule has 0 aliphatic heterocycles. The van der Waals surface area contributed by atoms with E-state index < -0.39 is 5.41 Å². The second-order valence-electron chi connectivity index (χ2n) is 5.23. The Morgan fingerprint density at radius 3 is 2.58 bits per heavy atom. The quantitative estimate of drug-likeness (QED) is 0.875. The second-order valence-corrected chi connectivity index (χ2v) is 6.08. The lowest BCUT2D eigenvalue weighted by Gasteiger charge is -2.26. The fraction of sp³-hybridized carbons (Fsp3) is 0.500. The standard InChI is InChI=1S/C14H20Cl2N2O/c1-9(11-7-10(15)5-6-12(11)16)18-8-14(2,3)13(19)17-4/h5-7,9,18H,8H2,1-4H3,(H,17,19). The van der Waals surface area contributed by atoms with Crippen LogP contribution in [0, 0.1) is 5.41 Å². The van der Waals surface area contributed by atoms with E-state index in [1.54, 1.807) is 19.2 Å². The molecule has 1 atom stereocenters.